The molecule has 0 radical (unpaired) electrons. The third kappa shape index (κ3) is 4.53. The summed E-state index contributed by atoms with van der Waals surface area (Å²) in [4.78, 5) is 2.41. The smallest absolute Gasteiger partial charge is 0.135 e. The summed E-state index contributed by atoms with van der Waals surface area (Å²) in [5.74, 6) is 0. The van der Waals surface area contributed by atoms with Crippen LogP contribution in [0.4, 0.5) is 17.1 Å². The van der Waals surface area contributed by atoms with E-state index < -0.39 is 0 Å². The van der Waals surface area contributed by atoms with Crippen molar-refractivity contribution < 1.29 is 4.42 Å². The van der Waals surface area contributed by atoms with Gasteiger partial charge in [-0.25, -0.2) is 0 Å². The molecule has 0 aliphatic rings. The van der Waals surface area contributed by atoms with Crippen molar-refractivity contribution >= 4 is 93.4 Å². The lowest BCUT2D eigenvalue weighted by Gasteiger charge is -2.27. The first kappa shape index (κ1) is 30.9. The van der Waals surface area contributed by atoms with E-state index >= 15 is 0 Å². The van der Waals surface area contributed by atoms with Crippen molar-refractivity contribution in [3.05, 3.63) is 200 Å². The van der Waals surface area contributed by atoms with Crippen LogP contribution < -0.4 is 4.90 Å². The summed E-state index contributed by atoms with van der Waals surface area (Å²) in [5.41, 5.74) is 12.0. The summed E-state index contributed by atoms with van der Waals surface area (Å²) in [7, 11) is 0. The minimum atomic E-state index is 0.878. The fourth-order valence-electron chi connectivity index (χ4n) is 9.01. The number of hydrogen-bond donors (Lipinski definition) is 0. The molecular weight excluding hydrogens is 683 g/mol. The summed E-state index contributed by atoms with van der Waals surface area (Å²) in [6.45, 7) is 0. The standard InChI is InChI=1S/C52H33N3O/c1-2-15-36(16-3-1)54-46-21-10-7-19-42(46)52-47(22-12-23-48(52)54)53(39-29-30-51-44(33-39)41-18-8-11-24-50(41)56-51)37-25-27-38(28-26-37)55-45-20-9-6-17-40(45)43-31-34-13-4-5-14-35(34)32-49(43)55/h1-33H. The maximum absolute atomic E-state index is 6.31. The predicted octanol–water partition coefficient (Wildman–Crippen LogP) is 14.4. The highest BCUT2D eigenvalue weighted by Crippen LogP contribution is 2.45. The maximum atomic E-state index is 6.31. The molecule has 0 fully saturated rings. The molecule has 9 aromatic carbocycles. The van der Waals surface area contributed by atoms with Crippen LogP contribution in [-0.2, 0) is 0 Å². The zero-order valence-corrected chi connectivity index (χ0v) is 30.3. The first-order valence-corrected chi connectivity index (χ1v) is 19.1. The SMILES string of the molecule is c1ccc(-n2c3ccccc3c3c(N(c4ccc(-n5c6ccccc6c6cc7ccccc7cc65)cc4)c4ccc5oc6ccccc6c5c4)cccc32)cc1. The van der Waals surface area contributed by atoms with E-state index in [-0.39, 0.29) is 0 Å². The van der Waals surface area contributed by atoms with Gasteiger partial charge in [0.05, 0.1) is 27.8 Å². The first-order chi connectivity index (χ1) is 27.8. The highest BCUT2D eigenvalue weighted by atomic mass is 16.3. The molecule has 4 heteroatoms. The molecule has 0 saturated carbocycles. The van der Waals surface area contributed by atoms with Crippen LogP contribution in [0, 0.1) is 0 Å². The Morgan fingerprint density at radius 3 is 1.75 bits per heavy atom. The van der Waals surface area contributed by atoms with Crippen LogP contribution in [-0.4, -0.2) is 9.13 Å². The fourth-order valence-corrected chi connectivity index (χ4v) is 9.01. The first-order valence-electron chi connectivity index (χ1n) is 19.1. The Labute approximate surface area is 322 Å². The van der Waals surface area contributed by atoms with Gasteiger partial charge in [-0.1, -0.05) is 103 Å². The molecule has 12 rings (SSSR count). The van der Waals surface area contributed by atoms with Gasteiger partial charge in [0.2, 0.25) is 0 Å². The largest absolute Gasteiger partial charge is 0.456 e. The Kier molecular flexibility index (Phi) is 6.60. The third-order valence-corrected chi connectivity index (χ3v) is 11.5. The molecule has 56 heavy (non-hydrogen) atoms. The fraction of sp³-hybridized carbons (Fsp3) is 0. The third-order valence-electron chi connectivity index (χ3n) is 11.5. The molecule has 0 bridgehead atoms. The Balaban J connectivity index is 1.11. The number of nitrogens with zero attached hydrogens (tertiary/aromatic N) is 3. The van der Waals surface area contributed by atoms with E-state index in [1.54, 1.807) is 0 Å². The molecule has 3 heterocycles. The Bertz CT molecular complexity index is 3480. The van der Waals surface area contributed by atoms with Crippen molar-refractivity contribution in [1.82, 2.24) is 9.13 Å². The van der Waals surface area contributed by atoms with Crippen LogP contribution in [0.5, 0.6) is 0 Å². The normalized spacial score (nSPS) is 11.9. The molecule has 0 atom stereocenters. The molecule has 0 amide bonds. The van der Waals surface area contributed by atoms with Gasteiger partial charge in [0.25, 0.3) is 0 Å². The Hall–Kier alpha value is -7.56. The monoisotopic (exact) mass is 715 g/mol. The zero-order valence-electron chi connectivity index (χ0n) is 30.3. The molecular formula is C52H33N3O. The van der Waals surface area contributed by atoms with E-state index in [0.29, 0.717) is 0 Å². The van der Waals surface area contributed by atoms with E-state index in [2.05, 4.69) is 202 Å². The van der Waals surface area contributed by atoms with Gasteiger partial charge in [0, 0.05) is 55.1 Å². The van der Waals surface area contributed by atoms with Crippen LogP contribution >= 0.6 is 0 Å². The number of hydrogen-bond acceptors (Lipinski definition) is 2. The number of aromatic nitrogens is 2. The van der Waals surface area contributed by atoms with Crippen LogP contribution in [0.15, 0.2) is 205 Å². The zero-order chi connectivity index (χ0) is 36.7. The molecule has 0 N–H and O–H groups in total. The van der Waals surface area contributed by atoms with Crippen molar-refractivity contribution in [3.8, 4) is 11.4 Å². The predicted molar refractivity (Wildman–Crippen MR) is 235 cm³/mol. The number of fused-ring (bicyclic) bond motifs is 10. The van der Waals surface area contributed by atoms with Crippen molar-refractivity contribution in [2.24, 2.45) is 0 Å². The Morgan fingerprint density at radius 2 is 0.929 bits per heavy atom. The minimum Gasteiger partial charge on any atom is -0.456 e. The molecule has 4 nitrogen and oxygen atoms in total. The molecule has 262 valence electrons. The number of furan rings is 1. The van der Waals surface area contributed by atoms with Gasteiger partial charge >= 0.3 is 0 Å². The Morgan fingerprint density at radius 1 is 0.339 bits per heavy atom. The lowest BCUT2D eigenvalue weighted by Crippen LogP contribution is -2.10. The van der Waals surface area contributed by atoms with E-state index in [4.69, 9.17) is 4.42 Å². The topological polar surface area (TPSA) is 26.2 Å². The van der Waals surface area contributed by atoms with Crippen LogP contribution in [0.3, 0.4) is 0 Å². The second-order valence-corrected chi connectivity index (χ2v) is 14.6. The average Bonchev–Trinajstić information content (AvgIpc) is 3.91. The summed E-state index contributed by atoms with van der Waals surface area (Å²) in [5, 5.41) is 9.59. The quantitative estimate of drug-likeness (QED) is 0.177. The number of benzene rings is 9. The maximum Gasteiger partial charge on any atom is 0.135 e. The highest BCUT2D eigenvalue weighted by Gasteiger charge is 2.22. The van der Waals surface area contributed by atoms with E-state index in [9.17, 15) is 0 Å². The van der Waals surface area contributed by atoms with Crippen molar-refractivity contribution in [3.63, 3.8) is 0 Å². The van der Waals surface area contributed by atoms with E-state index in [0.717, 1.165) is 55.9 Å². The second-order valence-electron chi connectivity index (χ2n) is 14.6. The summed E-state index contributed by atoms with van der Waals surface area (Å²) < 4.78 is 11.1. The van der Waals surface area contributed by atoms with Crippen LogP contribution in [0.25, 0.3) is 87.7 Å². The second kappa shape index (κ2) is 12.0. The summed E-state index contributed by atoms with van der Waals surface area (Å²) >= 11 is 0. The molecule has 3 aromatic heterocycles. The van der Waals surface area contributed by atoms with Gasteiger partial charge in [-0.3, -0.25) is 0 Å². The summed E-state index contributed by atoms with van der Waals surface area (Å²) in [6, 6.07) is 72.1. The van der Waals surface area contributed by atoms with Crippen LogP contribution in [0.2, 0.25) is 0 Å². The van der Waals surface area contributed by atoms with Gasteiger partial charge in [-0.15, -0.1) is 0 Å². The highest BCUT2D eigenvalue weighted by molar-refractivity contribution is 6.17. The van der Waals surface area contributed by atoms with Crippen molar-refractivity contribution in [1.29, 1.82) is 0 Å². The average molecular weight is 716 g/mol. The molecule has 12 aromatic rings. The van der Waals surface area contributed by atoms with E-state index in [1.807, 2.05) is 12.1 Å². The molecule has 0 saturated heterocycles. The number of anilines is 3. The van der Waals surface area contributed by atoms with Crippen molar-refractivity contribution in [2.45, 2.75) is 0 Å². The van der Waals surface area contributed by atoms with Gasteiger partial charge in [-0.05, 0) is 108 Å². The lowest BCUT2D eigenvalue weighted by atomic mass is 10.1. The number of para-hydroxylation sites is 4. The molecule has 0 aliphatic heterocycles. The van der Waals surface area contributed by atoms with E-state index in [1.165, 1.54) is 48.9 Å². The van der Waals surface area contributed by atoms with Gasteiger partial charge in [-0.2, -0.15) is 0 Å². The van der Waals surface area contributed by atoms with Crippen molar-refractivity contribution in [2.75, 3.05) is 4.90 Å². The van der Waals surface area contributed by atoms with Crippen LogP contribution in [0.1, 0.15) is 0 Å². The minimum absolute atomic E-state index is 0.878. The van der Waals surface area contributed by atoms with Gasteiger partial charge < -0.3 is 18.5 Å². The summed E-state index contributed by atoms with van der Waals surface area (Å²) in [6.07, 6.45) is 0. The lowest BCUT2D eigenvalue weighted by molar-refractivity contribution is 0.669. The molecule has 0 spiro atoms. The van der Waals surface area contributed by atoms with Gasteiger partial charge in [0.15, 0.2) is 0 Å². The molecule has 0 aliphatic carbocycles. The molecule has 0 unspecified atom stereocenters. The van der Waals surface area contributed by atoms with Gasteiger partial charge in [0.1, 0.15) is 11.2 Å². The number of rotatable bonds is 5.